The maximum absolute atomic E-state index is 13.1. The van der Waals surface area contributed by atoms with Gasteiger partial charge in [0, 0.05) is 6.54 Å². The third-order valence-electron chi connectivity index (χ3n) is 4.26. The molecule has 1 aliphatic rings. The highest BCUT2D eigenvalue weighted by atomic mass is 32.2. The average Bonchev–Trinajstić information content (AvgIpc) is 3.18. The van der Waals surface area contributed by atoms with E-state index in [-0.39, 0.29) is 23.6 Å². The molecule has 0 aromatic heterocycles. The number of azo groups is 1. The van der Waals surface area contributed by atoms with Crippen LogP contribution < -0.4 is 4.74 Å². The van der Waals surface area contributed by atoms with Crippen LogP contribution in [0, 0.1) is 0 Å². The Balaban J connectivity index is 1.98. The molecule has 0 radical (unpaired) electrons. The summed E-state index contributed by atoms with van der Waals surface area (Å²) in [6.45, 7) is 0.151. The second-order valence-corrected chi connectivity index (χ2v) is 7.84. The Morgan fingerprint density at radius 1 is 1.15 bits per heavy atom. The van der Waals surface area contributed by atoms with Crippen LogP contribution in [0.1, 0.15) is 12.8 Å². The zero-order valence-corrected chi connectivity index (χ0v) is 15.5. The summed E-state index contributed by atoms with van der Waals surface area (Å²) in [5.74, 6) is -1.03. The molecule has 0 amide bonds. The first kappa shape index (κ1) is 19.0. The summed E-state index contributed by atoms with van der Waals surface area (Å²) < 4.78 is 32.3. The van der Waals surface area contributed by atoms with Crippen LogP contribution in [-0.4, -0.2) is 43.5 Å². The number of ether oxygens (including phenoxy) is 1. The Bertz CT molecular complexity index is 960. The van der Waals surface area contributed by atoms with E-state index in [1.165, 1.54) is 19.2 Å². The van der Waals surface area contributed by atoms with E-state index < -0.39 is 22.0 Å². The van der Waals surface area contributed by atoms with Crippen molar-refractivity contribution in [1.82, 2.24) is 4.31 Å². The summed E-state index contributed by atoms with van der Waals surface area (Å²) in [6.07, 6.45) is 0.774. The predicted octanol–water partition coefficient (Wildman–Crippen LogP) is 3.35. The molecule has 2 aromatic carbocycles. The highest BCUT2D eigenvalue weighted by Crippen LogP contribution is 2.34. The number of methoxy groups -OCH3 is 1. The lowest BCUT2D eigenvalue weighted by Gasteiger charge is -2.22. The number of benzene rings is 2. The lowest BCUT2D eigenvalue weighted by molar-refractivity contribution is -0.140. The standard InChI is InChI=1S/C18H19N3O5S/c1-26-16-10-9-14(20-19-13-6-3-2-4-7-13)12-17(16)27(24,25)21-11-5-8-15(21)18(22)23/h2-4,6-7,9-10,12,15H,5,8,11H2,1H3,(H,22,23)/t15-/m1/s1. The second-order valence-electron chi connectivity index (χ2n) is 5.98. The molecule has 2 aromatic rings. The largest absolute Gasteiger partial charge is 0.495 e. The third kappa shape index (κ3) is 3.99. The van der Waals surface area contributed by atoms with E-state index in [2.05, 4.69) is 10.2 Å². The molecule has 1 heterocycles. The smallest absolute Gasteiger partial charge is 0.322 e. The van der Waals surface area contributed by atoms with Crippen LogP contribution in [0.3, 0.4) is 0 Å². The highest BCUT2D eigenvalue weighted by molar-refractivity contribution is 7.89. The fourth-order valence-corrected chi connectivity index (χ4v) is 4.77. The molecule has 0 aliphatic carbocycles. The number of aliphatic carboxylic acids is 1. The molecule has 0 saturated carbocycles. The molecule has 0 unspecified atom stereocenters. The van der Waals surface area contributed by atoms with Crippen molar-refractivity contribution in [3.8, 4) is 5.75 Å². The van der Waals surface area contributed by atoms with Crippen LogP contribution >= 0.6 is 0 Å². The van der Waals surface area contributed by atoms with Gasteiger partial charge in [0.2, 0.25) is 10.0 Å². The van der Waals surface area contributed by atoms with Gasteiger partial charge in [-0.3, -0.25) is 4.79 Å². The van der Waals surface area contributed by atoms with Crippen LogP contribution in [0.25, 0.3) is 0 Å². The maximum Gasteiger partial charge on any atom is 0.322 e. The fourth-order valence-electron chi connectivity index (χ4n) is 2.94. The van der Waals surface area contributed by atoms with Gasteiger partial charge in [0.15, 0.2) is 0 Å². The molecule has 1 saturated heterocycles. The monoisotopic (exact) mass is 389 g/mol. The minimum atomic E-state index is -4.06. The number of sulfonamides is 1. The Morgan fingerprint density at radius 3 is 2.52 bits per heavy atom. The Labute approximate surface area is 157 Å². The van der Waals surface area contributed by atoms with Gasteiger partial charge in [-0.15, -0.1) is 0 Å². The van der Waals surface area contributed by atoms with Crippen molar-refractivity contribution >= 4 is 27.4 Å². The maximum atomic E-state index is 13.1. The molecule has 1 fully saturated rings. The van der Waals surface area contributed by atoms with Gasteiger partial charge in [-0.05, 0) is 43.2 Å². The van der Waals surface area contributed by atoms with Crippen molar-refractivity contribution in [3.05, 3.63) is 48.5 Å². The molecular formula is C18H19N3O5S. The summed E-state index contributed by atoms with van der Waals surface area (Å²) in [5, 5.41) is 17.5. The summed E-state index contributed by atoms with van der Waals surface area (Å²) >= 11 is 0. The minimum absolute atomic E-state index is 0.123. The van der Waals surface area contributed by atoms with Gasteiger partial charge < -0.3 is 9.84 Å². The first-order chi connectivity index (χ1) is 12.9. The van der Waals surface area contributed by atoms with Gasteiger partial charge in [0.05, 0.1) is 18.5 Å². The molecule has 8 nitrogen and oxygen atoms in total. The zero-order valence-electron chi connectivity index (χ0n) is 14.6. The van der Waals surface area contributed by atoms with Crippen LogP contribution in [0.15, 0.2) is 63.7 Å². The van der Waals surface area contributed by atoms with Crippen molar-refractivity contribution in [3.63, 3.8) is 0 Å². The van der Waals surface area contributed by atoms with Gasteiger partial charge in [-0.2, -0.15) is 14.5 Å². The minimum Gasteiger partial charge on any atom is -0.495 e. The second kappa shape index (κ2) is 7.85. The van der Waals surface area contributed by atoms with E-state index in [9.17, 15) is 18.3 Å². The molecule has 1 aliphatic heterocycles. The topological polar surface area (TPSA) is 109 Å². The normalized spacial score (nSPS) is 18.0. The van der Waals surface area contributed by atoms with Crippen molar-refractivity contribution in [2.75, 3.05) is 13.7 Å². The van der Waals surface area contributed by atoms with Crippen molar-refractivity contribution in [1.29, 1.82) is 0 Å². The average molecular weight is 389 g/mol. The lowest BCUT2D eigenvalue weighted by atomic mass is 10.2. The van der Waals surface area contributed by atoms with Crippen LogP contribution in [-0.2, 0) is 14.8 Å². The van der Waals surface area contributed by atoms with Crippen LogP contribution in [0.2, 0.25) is 0 Å². The van der Waals surface area contributed by atoms with Crippen LogP contribution in [0.4, 0.5) is 11.4 Å². The molecule has 1 N–H and O–H groups in total. The molecular weight excluding hydrogens is 370 g/mol. The molecule has 3 rings (SSSR count). The summed E-state index contributed by atoms with van der Waals surface area (Å²) in [4.78, 5) is 11.3. The molecule has 142 valence electrons. The quantitative estimate of drug-likeness (QED) is 0.762. The van der Waals surface area contributed by atoms with E-state index in [1.807, 2.05) is 18.2 Å². The third-order valence-corrected chi connectivity index (χ3v) is 6.19. The van der Waals surface area contributed by atoms with Gasteiger partial charge in [0.25, 0.3) is 0 Å². The first-order valence-corrected chi connectivity index (χ1v) is 9.77. The van der Waals surface area contributed by atoms with E-state index in [1.54, 1.807) is 18.2 Å². The highest BCUT2D eigenvalue weighted by Gasteiger charge is 2.40. The number of carboxylic acid groups (broad SMARTS) is 1. The molecule has 1 atom stereocenters. The molecule has 9 heteroatoms. The van der Waals surface area contributed by atoms with Gasteiger partial charge in [-0.1, -0.05) is 18.2 Å². The Hall–Kier alpha value is -2.78. The van der Waals surface area contributed by atoms with E-state index in [4.69, 9.17) is 4.74 Å². The van der Waals surface area contributed by atoms with Gasteiger partial charge in [0.1, 0.15) is 16.7 Å². The predicted molar refractivity (Wildman–Crippen MR) is 98.2 cm³/mol. The van der Waals surface area contributed by atoms with Crippen molar-refractivity contribution in [2.24, 2.45) is 10.2 Å². The number of carbonyl (C=O) groups is 1. The number of hydrogen-bond donors (Lipinski definition) is 1. The van der Waals surface area contributed by atoms with E-state index in [0.717, 1.165) is 4.31 Å². The molecule has 0 spiro atoms. The van der Waals surface area contributed by atoms with Gasteiger partial charge in [-0.25, -0.2) is 8.42 Å². The van der Waals surface area contributed by atoms with Gasteiger partial charge >= 0.3 is 5.97 Å². The SMILES string of the molecule is COc1ccc(N=Nc2ccccc2)cc1S(=O)(=O)N1CCC[C@@H]1C(=O)O. The van der Waals surface area contributed by atoms with Crippen LogP contribution in [0.5, 0.6) is 5.75 Å². The summed E-state index contributed by atoms with van der Waals surface area (Å²) in [6, 6.07) is 12.4. The van der Waals surface area contributed by atoms with Crippen molar-refractivity contribution < 1.29 is 23.1 Å². The fraction of sp³-hybridized carbons (Fsp3) is 0.278. The summed E-state index contributed by atoms with van der Waals surface area (Å²) in [5.41, 5.74) is 0.951. The molecule has 0 bridgehead atoms. The number of nitrogens with zero attached hydrogens (tertiary/aromatic N) is 3. The first-order valence-electron chi connectivity index (χ1n) is 8.33. The number of hydrogen-bond acceptors (Lipinski definition) is 6. The summed E-state index contributed by atoms with van der Waals surface area (Å²) in [7, 11) is -2.70. The number of carboxylic acids is 1. The lowest BCUT2D eigenvalue weighted by Crippen LogP contribution is -2.40. The van der Waals surface area contributed by atoms with E-state index in [0.29, 0.717) is 17.8 Å². The number of rotatable bonds is 6. The Morgan fingerprint density at radius 2 is 1.85 bits per heavy atom. The van der Waals surface area contributed by atoms with Crippen molar-refractivity contribution in [2.45, 2.75) is 23.8 Å². The van der Waals surface area contributed by atoms with E-state index >= 15 is 0 Å². The molecule has 27 heavy (non-hydrogen) atoms. The Kier molecular flexibility index (Phi) is 5.52. The zero-order chi connectivity index (χ0) is 19.4.